The molecule has 1 aromatic heterocycles. The minimum atomic E-state index is -0.414. The summed E-state index contributed by atoms with van der Waals surface area (Å²) in [6, 6.07) is 10.3. The van der Waals surface area contributed by atoms with E-state index in [9.17, 15) is 9.59 Å². The molecule has 8 nitrogen and oxygen atoms in total. The summed E-state index contributed by atoms with van der Waals surface area (Å²) in [4.78, 5) is 25.6. The van der Waals surface area contributed by atoms with Crippen molar-refractivity contribution in [3.63, 3.8) is 0 Å². The molecule has 1 fully saturated rings. The summed E-state index contributed by atoms with van der Waals surface area (Å²) in [6.45, 7) is 2.99. The Hall–Kier alpha value is -2.65. The third kappa shape index (κ3) is 5.41. The maximum atomic E-state index is 12.1. The number of hydrogen-bond acceptors (Lipinski definition) is 8. The Labute approximate surface area is 161 Å². The number of carbonyl (C=O) groups is 2. The number of thioether (sulfide) groups is 1. The maximum Gasteiger partial charge on any atom is 0.337 e. The molecule has 0 bridgehead atoms. The molecule has 2 aromatic rings. The van der Waals surface area contributed by atoms with Gasteiger partial charge in [-0.05, 0) is 36.4 Å². The van der Waals surface area contributed by atoms with E-state index >= 15 is 0 Å². The molecule has 0 spiro atoms. The quantitative estimate of drug-likeness (QED) is 0.592. The van der Waals surface area contributed by atoms with Gasteiger partial charge in [0.1, 0.15) is 5.03 Å². The van der Waals surface area contributed by atoms with Crippen LogP contribution in [0.2, 0.25) is 0 Å². The van der Waals surface area contributed by atoms with Crippen molar-refractivity contribution >= 4 is 35.1 Å². The number of nitrogens with one attached hydrogen (secondary N) is 1. The highest BCUT2D eigenvalue weighted by Gasteiger charge is 2.13. The zero-order chi connectivity index (χ0) is 19.1. The van der Waals surface area contributed by atoms with Crippen molar-refractivity contribution in [1.82, 2.24) is 10.2 Å². The first-order valence-corrected chi connectivity index (χ1v) is 9.42. The second-order valence-corrected chi connectivity index (χ2v) is 6.73. The molecular formula is C18H20N4O4S. The van der Waals surface area contributed by atoms with Crippen molar-refractivity contribution in [2.75, 3.05) is 49.4 Å². The largest absolute Gasteiger partial charge is 0.465 e. The van der Waals surface area contributed by atoms with Crippen LogP contribution in [-0.4, -0.2) is 61.2 Å². The van der Waals surface area contributed by atoms with E-state index < -0.39 is 5.97 Å². The molecule has 0 atom stereocenters. The summed E-state index contributed by atoms with van der Waals surface area (Å²) in [5.41, 5.74) is 1.04. The maximum absolute atomic E-state index is 12.1. The minimum absolute atomic E-state index is 0.162. The van der Waals surface area contributed by atoms with Crippen LogP contribution in [0.15, 0.2) is 41.4 Å². The number of aromatic nitrogens is 2. The van der Waals surface area contributed by atoms with Gasteiger partial charge in [0.05, 0.1) is 31.6 Å². The Kier molecular flexibility index (Phi) is 6.61. The molecule has 2 heterocycles. The average molecular weight is 388 g/mol. The number of morpholine rings is 1. The van der Waals surface area contributed by atoms with Crippen LogP contribution < -0.4 is 10.2 Å². The van der Waals surface area contributed by atoms with E-state index in [1.165, 1.54) is 18.9 Å². The van der Waals surface area contributed by atoms with Gasteiger partial charge < -0.3 is 19.7 Å². The number of esters is 1. The molecule has 0 unspecified atom stereocenters. The third-order valence-electron chi connectivity index (χ3n) is 3.90. The highest BCUT2D eigenvalue weighted by atomic mass is 32.2. The molecular weight excluding hydrogens is 368 g/mol. The summed E-state index contributed by atoms with van der Waals surface area (Å²) < 4.78 is 9.96. The van der Waals surface area contributed by atoms with Gasteiger partial charge in [0, 0.05) is 18.8 Å². The van der Waals surface area contributed by atoms with Crippen LogP contribution in [0.4, 0.5) is 11.5 Å². The normalized spacial score (nSPS) is 13.9. The zero-order valence-electron chi connectivity index (χ0n) is 14.9. The lowest BCUT2D eigenvalue weighted by Crippen LogP contribution is -2.36. The fourth-order valence-corrected chi connectivity index (χ4v) is 3.11. The van der Waals surface area contributed by atoms with Gasteiger partial charge in [-0.25, -0.2) is 4.79 Å². The molecule has 3 rings (SSSR count). The lowest BCUT2D eigenvalue weighted by molar-refractivity contribution is -0.113. The van der Waals surface area contributed by atoms with E-state index in [-0.39, 0.29) is 11.7 Å². The van der Waals surface area contributed by atoms with Crippen LogP contribution >= 0.6 is 11.8 Å². The number of nitrogens with zero attached hydrogens (tertiary/aromatic N) is 3. The van der Waals surface area contributed by atoms with Gasteiger partial charge in [0.2, 0.25) is 5.91 Å². The van der Waals surface area contributed by atoms with E-state index in [4.69, 9.17) is 4.74 Å². The number of anilines is 2. The summed E-state index contributed by atoms with van der Waals surface area (Å²) >= 11 is 1.31. The van der Waals surface area contributed by atoms with E-state index in [1.807, 2.05) is 12.1 Å². The summed E-state index contributed by atoms with van der Waals surface area (Å²) in [7, 11) is 1.33. The first-order valence-electron chi connectivity index (χ1n) is 8.43. The predicted molar refractivity (Wildman–Crippen MR) is 102 cm³/mol. The average Bonchev–Trinajstić information content (AvgIpc) is 2.73. The van der Waals surface area contributed by atoms with E-state index in [0.29, 0.717) is 29.5 Å². The van der Waals surface area contributed by atoms with Gasteiger partial charge in [0.15, 0.2) is 5.82 Å². The van der Waals surface area contributed by atoms with Crippen molar-refractivity contribution in [2.45, 2.75) is 5.03 Å². The molecule has 27 heavy (non-hydrogen) atoms. The van der Waals surface area contributed by atoms with Gasteiger partial charge in [-0.1, -0.05) is 11.8 Å². The van der Waals surface area contributed by atoms with Gasteiger partial charge in [-0.2, -0.15) is 0 Å². The Morgan fingerprint density at radius 3 is 2.52 bits per heavy atom. The number of methoxy groups -OCH3 is 1. The van der Waals surface area contributed by atoms with E-state index in [1.54, 1.807) is 24.3 Å². The van der Waals surface area contributed by atoms with Crippen LogP contribution in [-0.2, 0) is 14.3 Å². The number of carbonyl (C=O) groups excluding carboxylic acids is 2. The number of amides is 1. The molecule has 1 N–H and O–H groups in total. The minimum Gasteiger partial charge on any atom is -0.465 e. The fraction of sp³-hybridized carbons (Fsp3) is 0.333. The van der Waals surface area contributed by atoms with Gasteiger partial charge in [-0.15, -0.1) is 10.2 Å². The molecule has 1 aliphatic rings. The number of benzene rings is 1. The molecule has 9 heteroatoms. The first kappa shape index (κ1) is 19.1. The van der Waals surface area contributed by atoms with E-state index in [2.05, 4.69) is 25.2 Å². The summed E-state index contributed by atoms with van der Waals surface area (Å²) in [5.74, 6) is 0.454. The molecule has 142 valence electrons. The van der Waals surface area contributed by atoms with Crippen molar-refractivity contribution < 1.29 is 19.1 Å². The number of ether oxygens (including phenoxy) is 2. The fourth-order valence-electron chi connectivity index (χ4n) is 2.50. The topological polar surface area (TPSA) is 93.7 Å². The number of hydrogen-bond donors (Lipinski definition) is 1. The Balaban J connectivity index is 1.48. The Bertz CT molecular complexity index is 777. The monoisotopic (exact) mass is 388 g/mol. The first-order chi connectivity index (χ1) is 13.2. The van der Waals surface area contributed by atoms with Crippen molar-refractivity contribution in [2.24, 2.45) is 0 Å². The molecule has 0 saturated carbocycles. The van der Waals surface area contributed by atoms with Crippen molar-refractivity contribution in [3.8, 4) is 0 Å². The van der Waals surface area contributed by atoms with Crippen LogP contribution in [0.25, 0.3) is 0 Å². The van der Waals surface area contributed by atoms with Crippen LogP contribution in [0.1, 0.15) is 10.4 Å². The number of rotatable bonds is 6. The molecule has 1 saturated heterocycles. The highest BCUT2D eigenvalue weighted by Crippen LogP contribution is 2.18. The van der Waals surface area contributed by atoms with Crippen LogP contribution in [0, 0.1) is 0 Å². The SMILES string of the molecule is COC(=O)c1ccc(NC(=O)CSc2ccc(N3CCOCC3)nn2)cc1. The molecule has 1 aliphatic heterocycles. The Morgan fingerprint density at radius 2 is 1.89 bits per heavy atom. The van der Waals surface area contributed by atoms with Gasteiger partial charge >= 0.3 is 5.97 Å². The van der Waals surface area contributed by atoms with E-state index in [0.717, 1.165) is 18.9 Å². The highest BCUT2D eigenvalue weighted by molar-refractivity contribution is 7.99. The Morgan fingerprint density at radius 1 is 1.15 bits per heavy atom. The predicted octanol–water partition coefficient (Wildman–Crippen LogP) is 1.83. The van der Waals surface area contributed by atoms with Crippen molar-refractivity contribution in [3.05, 3.63) is 42.0 Å². The zero-order valence-corrected chi connectivity index (χ0v) is 15.7. The smallest absolute Gasteiger partial charge is 0.337 e. The second-order valence-electron chi connectivity index (χ2n) is 5.73. The molecule has 0 aliphatic carbocycles. The van der Waals surface area contributed by atoms with Gasteiger partial charge in [0.25, 0.3) is 0 Å². The summed E-state index contributed by atoms with van der Waals surface area (Å²) in [5, 5.41) is 11.9. The molecule has 0 radical (unpaired) electrons. The summed E-state index contributed by atoms with van der Waals surface area (Å²) in [6.07, 6.45) is 0. The lowest BCUT2D eigenvalue weighted by atomic mass is 10.2. The van der Waals surface area contributed by atoms with Gasteiger partial charge in [-0.3, -0.25) is 4.79 Å². The standard InChI is InChI=1S/C18H20N4O4S/c1-25-18(24)13-2-4-14(5-3-13)19-16(23)12-27-17-7-6-15(20-21-17)22-8-10-26-11-9-22/h2-7H,8-12H2,1H3,(H,19,23). The van der Waals surface area contributed by atoms with Crippen molar-refractivity contribution in [1.29, 1.82) is 0 Å². The third-order valence-corrected chi connectivity index (χ3v) is 4.82. The molecule has 1 amide bonds. The van der Waals surface area contributed by atoms with Crippen LogP contribution in [0.3, 0.4) is 0 Å². The molecule has 1 aromatic carbocycles. The lowest BCUT2D eigenvalue weighted by Gasteiger charge is -2.27. The second kappa shape index (κ2) is 9.33. The van der Waals surface area contributed by atoms with Crippen LogP contribution in [0.5, 0.6) is 0 Å².